The van der Waals surface area contributed by atoms with Crippen LogP contribution in [0, 0.1) is 5.92 Å². The Morgan fingerprint density at radius 1 is 1.04 bits per heavy atom. The van der Waals surface area contributed by atoms with Crippen LogP contribution in [-0.2, 0) is 14.8 Å². The molecule has 2 aromatic carbocycles. The number of hydrogen-bond acceptors (Lipinski definition) is 4. The molecule has 0 aliphatic rings. The molecule has 0 saturated heterocycles. The number of anilines is 1. The second kappa shape index (κ2) is 8.16. The van der Waals surface area contributed by atoms with Crippen molar-refractivity contribution in [3.8, 4) is 5.75 Å². The van der Waals surface area contributed by atoms with Crippen molar-refractivity contribution in [2.45, 2.75) is 32.1 Å². The Morgan fingerprint density at radius 3 is 2.16 bits per heavy atom. The lowest BCUT2D eigenvalue weighted by Crippen LogP contribution is -2.37. The molecule has 0 heterocycles. The summed E-state index contributed by atoms with van der Waals surface area (Å²) in [6.45, 7) is 6.14. The predicted octanol–water partition coefficient (Wildman–Crippen LogP) is 3.85. The minimum absolute atomic E-state index is 0.0451. The van der Waals surface area contributed by atoms with Gasteiger partial charge in [0.1, 0.15) is 5.75 Å². The average molecular weight is 361 g/mol. The van der Waals surface area contributed by atoms with Crippen LogP contribution in [0.3, 0.4) is 0 Å². The molecule has 0 bridgehead atoms. The summed E-state index contributed by atoms with van der Waals surface area (Å²) in [5.74, 6) is 0.214. The summed E-state index contributed by atoms with van der Waals surface area (Å²) in [6.07, 6.45) is 0.138. The first-order valence-electron chi connectivity index (χ1n) is 8.22. The minimum Gasteiger partial charge on any atom is -0.494 e. The first-order chi connectivity index (χ1) is 11.9. The van der Waals surface area contributed by atoms with E-state index in [0.29, 0.717) is 18.0 Å². The van der Waals surface area contributed by atoms with Crippen LogP contribution in [0.1, 0.15) is 27.2 Å². The van der Waals surface area contributed by atoms with Gasteiger partial charge in [0.05, 0.1) is 17.2 Å². The van der Waals surface area contributed by atoms with E-state index in [1.807, 2.05) is 20.8 Å². The standard InChI is InChI=1S/C19H23NO4S/c1-4-24-17-12-10-16(11-13-17)20(19(21)14-15(2)3)25(22,23)18-8-6-5-7-9-18/h5-13,15H,4,14H2,1-3H3. The third-order valence-corrected chi connectivity index (χ3v) is 5.24. The van der Waals surface area contributed by atoms with Gasteiger partial charge >= 0.3 is 0 Å². The number of benzene rings is 2. The topological polar surface area (TPSA) is 63.7 Å². The van der Waals surface area contributed by atoms with Gasteiger partial charge in [0.2, 0.25) is 5.91 Å². The van der Waals surface area contributed by atoms with Crippen LogP contribution in [0.4, 0.5) is 5.69 Å². The van der Waals surface area contributed by atoms with Gasteiger partial charge in [-0.3, -0.25) is 4.79 Å². The molecule has 0 unspecified atom stereocenters. The second-order valence-corrected chi connectivity index (χ2v) is 7.79. The summed E-state index contributed by atoms with van der Waals surface area (Å²) in [5, 5.41) is 0. The van der Waals surface area contributed by atoms with E-state index < -0.39 is 15.9 Å². The first kappa shape index (κ1) is 19.0. The van der Waals surface area contributed by atoms with E-state index in [2.05, 4.69) is 0 Å². The molecule has 2 aromatic rings. The Morgan fingerprint density at radius 2 is 1.64 bits per heavy atom. The molecule has 0 aromatic heterocycles. The van der Waals surface area contributed by atoms with E-state index >= 15 is 0 Å². The molecule has 0 fully saturated rings. The number of rotatable bonds is 7. The molecular formula is C19H23NO4S. The molecular weight excluding hydrogens is 338 g/mol. The smallest absolute Gasteiger partial charge is 0.270 e. The van der Waals surface area contributed by atoms with Gasteiger partial charge < -0.3 is 4.74 Å². The van der Waals surface area contributed by atoms with E-state index in [1.165, 1.54) is 12.1 Å². The molecule has 0 aliphatic carbocycles. The number of hydrogen-bond donors (Lipinski definition) is 0. The van der Waals surface area contributed by atoms with Crippen LogP contribution in [0.5, 0.6) is 5.75 Å². The lowest BCUT2D eigenvalue weighted by atomic mass is 10.1. The van der Waals surface area contributed by atoms with Crippen LogP contribution in [0.15, 0.2) is 59.5 Å². The number of carbonyl (C=O) groups is 1. The van der Waals surface area contributed by atoms with E-state index in [9.17, 15) is 13.2 Å². The largest absolute Gasteiger partial charge is 0.494 e. The maximum atomic E-state index is 13.0. The molecule has 5 nitrogen and oxygen atoms in total. The van der Waals surface area contributed by atoms with Crippen LogP contribution in [-0.4, -0.2) is 20.9 Å². The summed E-state index contributed by atoms with van der Waals surface area (Å²) in [6, 6.07) is 14.5. The van der Waals surface area contributed by atoms with Gasteiger partial charge in [0.15, 0.2) is 0 Å². The van der Waals surface area contributed by atoms with Gasteiger partial charge in [-0.25, -0.2) is 12.7 Å². The summed E-state index contributed by atoms with van der Waals surface area (Å²) in [5.41, 5.74) is 0.304. The van der Waals surface area contributed by atoms with Gasteiger partial charge in [0.25, 0.3) is 10.0 Å². The molecule has 0 radical (unpaired) electrons. The van der Waals surface area contributed by atoms with Crippen LogP contribution < -0.4 is 9.04 Å². The van der Waals surface area contributed by atoms with Crippen molar-refractivity contribution in [1.82, 2.24) is 0 Å². The summed E-state index contributed by atoms with van der Waals surface area (Å²) >= 11 is 0. The van der Waals surface area contributed by atoms with E-state index in [0.717, 1.165) is 4.31 Å². The first-order valence-corrected chi connectivity index (χ1v) is 9.66. The third-order valence-electron chi connectivity index (χ3n) is 3.47. The van der Waals surface area contributed by atoms with Crippen LogP contribution >= 0.6 is 0 Å². The average Bonchev–Trinajstić information content (AvgIpc) is 2.57. The number of amides is 1. The number of carbonyl (C=O) groups excluding carboxylic acids is 1. The van der Waals surface area contributed by atoms with E-state index in [1.54, 1.807) is 42.5 Å². The van der Waals surface area contributed by atoms with Crippen molar-refractivity contribution in [3.05, 3.63) is 54.6 Å². The normalized spacial score (nSPS) is 11.4. The fourth-order valence-electron chi connectivity index (χ4n) is 2.39. The number of sulfonamides is 1. The van der Waals surface area contributed by atoms with Crippen molar-refractivity contribution in [1.29, 1.82) is 0 Å². The molecule has 0 atom stereocenters. The Balaban J connectivity index is 2.48. The van der Waals surface area contributed by atoms with Crippen molar-refractivity contribution in [3.63, 3.8) is 0 Å². The van der Waals surface area contributed by atoms with Crippen molar-refractivity contribution < 1.29 is 17.9 Å². The number of ether oxygens (including phenoxy) is 1. The summed E-state index contributed by atoms with van der Waals surface area (Å²) < 4.78 is 32.4. The zero-order valence-electron chi connectivity index (χ0n) is 14.7. The highest BCUT2D eigenvalue weighted by Gasteiger charge is 2.31. The molecule has 25 heavy (non-hydrogen) atoms. The highest BCUT2D eigenvalue weighted by Crippen LogP contribution is 2.27. The molecule has 1 amide bonds. The Kier molecular flexibility index (Phi) is 6.20. The second-order valence-electron chi connectivity index (χ2n) is 6.00. The minimum atomic E-state index is -3.98. The lowest BCUT2D eigenvalue weighted by Gasteiger charge is -2.23. The predicted molar refractivity (Wildman–Crippen MR) is 98.2 cm³/mol. The van der Waals surface area contributed by atoms with Crippen LogP contribution in [0.2, 0.25) is 0 Å². The maximum absolute atomic E-state index is 13.0. The highest BCUT2D eigenvalue weighted by molar-refractivity contribution is 7.93. The molecule has 2 rings (SSSR count). The van der Waals surface area contributed by atoms with E-state index in [4.69, 9.17) is 4.74 Å². The van der Waals surface area contributed by atoms with E-state index in [-0.39, 0.29) is 17.2 Å². The van der Waals surface area contributed by atoms with Crippen molar-refractivity contribution >= 4 is 21.6 Å². The third kappa shape index (κ3) is 4.60. The monoisotopic (exact) mass is 361 g/mol. The molecule has 0 N–H and O–H groups in total. The zero-order chi connectivity index (χ0) is 18.4. The number of nitrogens with zero attached hydrogens (tertiary/aromatic N) is 1. The molecule has 134 valence electrons. The fraction of sp³-hybridized carbons (Fsp3) is 0.316. The van der Waals surface area contributed by atoms with Gasteiger partial charge in [-0.05, 0) is 49.2 Å². The molecule has 0 aliphatic heterocycles. The SMILES string of the molecule is CCOc1ccc(N(C(=O)CC(C)C)S(=O)(=O)c2ccccc2)cc1. The van der Waals surface area contributed by atoms with Gasteiger partial charge in [0, 0.05) is 6.42 Å². The van der Waals surface area contributed by atoms with Crippen molar-refractivity contribution in [2.75, 3.05) is 10.9 Å². The summed E-state index contributed by atoms with van der Waals surface area (Å²) in [7, 11) is -3.98. The maximum Gasteiger partial charge on any atom is 0.270 e. The van der Waals surface area contributed by atoms with Crippen LogP contribution in [0.25, 0.3) is 0 Å². The van der Waals surface area contributed by atoms with Gasteiger partial charge in [-0.1, -0.05) is 32.0 Å². The van der Waals surface area contributed by atoms with Gasteiger partial charge in [-0.2, -0.15) is 0 Å². The van der Waals surface area contributed by atoms with Crippen molar-refractivity contribution in [2.24, 2.45) is 5.92 Å². The molecule has 0 saturated carbocycles. The summed E-state index contributed by atoms with van der Waals surface area (Å²) in [4.78, 5) is 12.8. The Labute approximate surface area is 149 Å². The Bertz CT molecular complexity index is 799. The molecule has 6 heteroatoms. The Hall–Kier alpha value is -2.34. The lowest BCUT2D eigenvalue weighted by molar-refractivity contribution is -0.118. The highest BCUT2D eigenvalue weighted by atomic mass is 32.2. The zero-order valence-corrected chi connectivity index (χ0v) is 15.5. The fourth-order valence-corrected chi connectivity index (χ4v) is 3.85. The quantitative estimate of drug-likeness (QED) is 0.751. The van der Waals surface area contributed by atoms with Gasteiger partial charge in [-0.15, -0.1) is 0 Å². The molecule has 0 spiro atoms.